The highest BCUT2D eigenvalue weighted by atomic mass is 79.9. The van der Waals surface area contributed by atoms with Crippen molar-refractivity contribution in [3.05, 3.63) is 28.7 Å². The van der Waals surface area contributed by atoms with Crippen LogP contribution in [0.5, 0.6) is 11.5 Å². The number of rotatable bonds is 13. The first-order valence-corrected chi connectivity index (χ1v) is 10.1. The average molecular weight is 408 g/mol. The van der Waals surface area contributed by atoms with Gasteiger partial charge in [-0.3, -0.25) is 0 Å². The molecule has 0 bridgehead atoms. The Kier molecular flexibility index (Phi) is 11.1. The summed E-state index contributed by atoms with van der Waals surface area (Å²) < 4.78 is 12.6. The molecule has 1 aromatic rings. The van der Waals surface area contributed by atoms with Crippen molar-refractivity contribution in [1.82, 2.24) is 0 Å². The van der Waals surface area contributed by atoms with E-state index in [9.17, 15) is 5.26 Å². The molecule has 4 heteroatoms. The predicted octanol–water partition coefficient (Wildman–Crippen LogP) is 6.90. The van der Waals surface area contributed by atoms with Crippen LogP contribution in [0, 0.1) is 11.3 Å². The summed E-state index contributed by atoms with van der Waals surface area (Å²) in [5.41, 5.74) is 1.11. The van der Waals surface area contributed by atoms with Gasteiger partial charge in [-0.05, 0) is 40.9 Å². The Labute approximate surface area is 161 Å². The van der Waals surface area contributed by atoms with Crippen LogP contribution in [0.25, 0.3) is 5.57 Å². The number of halogens is 1. The second-order valence-electron chi connectivity index (χ2n) is 6.19. The number of benzene rings is 1. The van der Waals surface area contributed by atoms with Gasteiger partial charge in [0.15, 0.2) is 0 Å². The van der Waals surface area contributed by atoms with E-state index in [0.717, 1.165) is 29.5 Å². The van der Waals surface area contributed by atoms with Crippen molar-refractivity contribution < 1.29 is 9.47 Å². The first-order valence-electron chi connectivity index (χ1n) is 9.32. The Balaban J connectivity index is 2.75. The molecule has 25 heavy (non-hydrogen) atoms. The molecule has 0 unspecified atom stereocenters. The molecule has 0 fully saturated rings. The first-order chi connectivity index (χ1) is 12.1. The van der Waals surface area contributed by atoms with Gasteiger partial charge in [-0.15, -0.1) is 0 Å². The summed E-state index contributed by atoms with van der Waals surface area (Å²) >= 11 is 3.55. The summed E-state index contributed by atoms with van der Waals surface area (Å²) in [4.78, 5) is 0. The van der Waals surface area contributed by atoms with Crippen LogP contribution in [-0.2, 0) is 0 Å². The molecule has 0 saturated heterocycles. The minimum atomic E-state index is 0.395. The number of unbranched alkanes of at least 4 members (excludes halogenated alkanes) is 6. The van der Waals surface area contributed by atoms with Crippen LogP contribution in [0.2, 0.25) is 0 Å². The topological polar surface area (TPSA) is 42.2 Å². The highest BCUT2D eigenvalue weighted by Gasteiger charge is 2.13. The molecule has 1 rings (SSSR count). The fourth-order valence-electron chi connectivity index (χ4n) is 2.48. The molecule has 138 valence electrons. The van der Waals surface area contributed by atoms with Gasteiger partial charge in [0.05, 0.1) is 29.3 Å². The van der Waals surface area contributed by atoms with Crippen molar-refractivity contribution in [1.29, 1.82) is 5.26 Å². The molecule has 0 heterocycles. The van der Waals surface area contributed by atoms with Crippen molar-refractivity contribution in [2.75, 3.05) is 13.2 Å². The lowest BCUT2D eigenvalue weighted by Crippen LogP contribution is -2.03. The van der Waals surface area contributed by atoms with E-state index in [1.807, 2.05) is 12.1 Å². The Bertz CT molecular complexity index is 578. The first kappa shape index (κ1) is 21.6. The van der Waals surface area contributed by atoms with Gasteiger partial charge in [-0.2, -0.15) is 5.26 Å². The standard InChI is InChI=1S/C21H30BrNO2/c1-4-6-8-10-12-24-20-15-19(22)21(14-18(20)17(3)16-23)25-13-11-9-7-5-2/h14-15H,3-13H2,1-2H3. The van der Waals surface area contributed by atoms with Crippen molar-refractivity contribution in [2.45, 2.75) is 65.2 Å². The van der Waals surface area contributed by atoms with Gasteiger partial charge in [0.2, 0.25) is 0 Å². The van der Waals surface area contributed by atoms with Crippen LogP contribution < -0.4 is 9.47 Å². The summed E-state index contributed by atoms with van der Waals surface area (Å²) in [6.07, 6.45) is 9.23. The van der Waals surface area contributed by atoms with Crippen molar-refractivity contribution >= 4 is 21.5 Å². The van der Waals surface area contributed by atoms with Crippen LogP contribution in [0.4, 0.5) is 0 Å². The molecule has 1 aromatic carbocycles. The van der Waals surface area contributed by atoms with Gasteiger partial charge < -0.3 is 9.47 Å². The van der Waals surface area contributed by atoms with Crippen LogP contribution in [0.15, 0.2) is 23.2 Å². The van der Waals surface area contributed by atoms with Crippen molar-refractivity contribution in [2.24, 2.45) is 0 Å². The zero-order valence-corrected chi connectivity index (χ0v) is 17.2. The predicted molar refractivity (Wildman–Crippen MR) is 108 cm³/mol. The maximum atomic E-state index is 9.23. The minimum absolute atomic E-state index is 0.395. The summed E-state index contributed by atoms with van der Waals surface area (Å²) in [6.45, 7) is 9.55. The average Bonchev–Trinajstić information content (AvgIpc) is 2.62. The third-order valence-corrected chi connectivity index (χ3v) is 4.62. The number of ether oxygens (including phenoxy) is 2. The lowest BCUT2D eigenvalue weighted by Gasteiger charge is -2.15. The van der Waals surface area contributed by atoms with E-state index in [4.69, 9.17) is 9.47 Å². The van der Waals surface area contributed by atoms with Gasteiger partial charge in [0.25, 0.3) is 0 Å². The molecule has 0 saturated carbocycles. The van der Waals surface area contributed by atoms with E-state index >= 15 is 0 Å². The summed E-state index contributed by atoms with van der Waals surface area (Å²) in [7, 11) is 0. The third kappa shape index (κ3) is 7.96. The van der Waals surface area contributed by atoms with Gasteiger partial charge in [0.1, 0.15) is 11.5 Å². The highest BCUT2D eigenvalue weighted by Crippen LogP contribution is 2.36. The number of hydrogen-bond acceptors (Lipinski definition) is 3. The Morgan fingerprint density at radius 3 is 2.04 bits per heavy atom. The fraction of sp³-hybridized carbons (Fsp3) is 0.571. The van der Waals surface area contributed by atoms with E-state index in [0.29, 0.717) is 30.1 Å². The quantitative estimate of drug-likeness (QED) is 0.263. The summed E-state index contributed by atoms with van der Waals surface area (Å²) in [5.74, 6) is 1.43. The number of nitriles is 1. The lowest BCUT2D eigenvalue weighted by atomic mass is 10.1. The summed E-state index contributed by atoms with van der Waals surface area (Å²) in [5, 5.41) is 9.23. The second-order valence-corrected chi connectivity index (χ2v) is 7.04. The fourth-order valence-corrected chi connectivity index (χ4v) is 2.92. The van der Waals surface area contributed by atoms with Crippen LogP contribution in [-0.4, -0.2) is 13.2 Å². The SMILES string of the molecule is C=C(C#N)c1cc(OCCCCCC)c(Br)cc1OCCCCCC. The zero-order valence-electron chi connectivity index (χ0n) is 15.6. The van der Waals surface area contributed by atoms with Gasteiger partial charge >= 0.3 is 0 Å². The Hall–Kier alpha value is -1.47. The van der Waals surface area contributed by atoms with Gasteiger partial charge in [0, 0.05) is 5.56 Å². The molecule has 0 aliphatic carbocycles. The van der Waals surface area contributed by atoms with E-state index in [-0.39, 0.29) is 0 Å². The molecule has 0 aromatic heterocycles. The van der Waals surface area contributed by atoms with Crippen molar-refractivity contribution in [3.8, 4) is 17.6 Å². The Morgan fingerprint density at radius 2 is 1.52 bits per heavy atom. The maximum Gasteiger partial charge on any atom is 0.134 e. The molecule has 0 spiro atoms. The molecular weight excluding hydrogens is 378 g/mol. The largest absolute Gasteiger partial charge is 0.493 e. The third-order valence-electron chi connectivity index (χ3n) is 4.01. The van der Waals surface area contributed by atoms with E-state index in [1.165, 1.54) is 32.1 Å². The van der Waals surface area contributed by atoms with Crippen molar-refractivity contribution in [3.63, 3.8) is 0 Å². The monoisotopic (exact) mass is 407 g/mol. The second kappa shape index (κ2) is 12.8. The minimum Gasteiger partial charge on any atom is -0.493 e. The van der Waals surface area contributed by atoms with Crippen LogP contribution in [0.3, 0.4) is 0 Å². The van der Waals surface area contributed by atoms with Gasteiger partial charge in [-0.25, -0.2) is 0 Å². The zero-order chi connectivity index (χ0) is 18.5. The van der Waals surface area contributed by atoms with Crippen LogP contribution in [0.1, 0.15) is 70.8 Å². The molecule has 0 radical (unpaired) electrons. The lowest BCUT2D eigenvalue weighted by molar-refractivity contribution is 0.295. The molecule has 0 aliphatic rings. The highest BCUT2D eigenvalue weighted by molar-refractivity contribution is 9.10. The molecule has 0 atom stereocenters. The maximum absolute atomic E-state index is 9.23. The van der Waals surface area contributed by atoms with E-state index < -0.39 is 0 Å². The smallest absolute Gasteiger partial charge is 0.134 e. The van der Waals surface area contributed by atoms with Gasteiger partial charge in [-0.1, -0.05) is 59.0 Å². The van der Waals surface area contributed by atoms with E-state index in [2.05, 4.69) is 42.4 Å². The number of nitrogens with zero attached hydrogens (tertiary/aromatic N) is 1. The number of hydrogen-bond donors (Lipinski definition) is 0. The molecule has 0 N–H and O–H groups in total. The normalized spacial score (nSPS) is 10.3. The Morgan fingerprint density at radius 1 is 0.960 bits per heavy atom. The molecule has 3 nitrogen and oxygen atoms in total. The molecular formula is C21H30BrNO2. The molecule has 0 aliphatic heterocycles. The number of allylic oxidation sites excluding steroid dienone is 1. The molecule has 0 amide bonds. The van der Waals surface area contributed by atoms with E-state index in [1.54, 1.807) is 0 Å². The van der Waals surface area contributed by atoms with Crippen LogP contribution >= 0.6 is 15.9 Å². The summed E-state index contributed by atoms with van der Waals surface area (Å²) in [6, 6.07) is 5.86.